The van der Waals surface area contributed by atoms with Crippen molar-refractivity contribution >= 4 is 17.6 Å². The van der Waals surface area contributed by atoms with Crippen LogP contribution in [0.15, 0.2) is 42.5 Å². The van der Waals surface area contributed by atoms with Gasteiger partial charge >= 0.3 is 5.97 Å². The van der Waals surface area contributed by atoms with Crippen LogP contribution in [0.4, 0.5) is 5.69 Å². The van der Waals surface area contributed by atoms with Crippen LogP contribution in [-0.4, -0.2) is 30.3 Å². The van der Waals surface area contributed by atoms with E-state index in [0.29, 0.717) is 5.69 Å². The molecule has 0 aliphatic heterocycles. The SMILES string of the molecule is C=C(C)C(=O)N(c1ccccc1)C(O)C(=O)OC. The summed E-state index contributed by atoms with van der Waals surface area (Å²) in [5.74, 6) is -1.45. The number of benzene rings is 1. The van der Waals surface area contributed by atoms with Gasteiger partial charge in [0.15, 0.2) is 0 Å². The second-order valence-electron chi connectivity index (χ2n) is 3.69. The lowest BCUT2D eigenvalue weighted by Crippen LogP contribution is -2.46. The van der Waals surface area contributed by atoms with Crippen LogP contribution in [0.1, 0.15) is 6.92 Å². The van der Waals surface area contributed by atoms with E-state index in [4.69, 9.17) is 0 Å². The fourth-order valence-electron chi connectivity index (χ4n) is 1.37. The van der Waals surface area contributed by atoms with E-state index in [1.807, 2.05) is 0 Å². The molecular weight excluding hydrogens is 234 g/mol. The standard InChI is InChI=1S/C13H15NO4/c1-9(2)11(15)14(12(16)13(17)18-3)10-7-5-4-6-8-10/h4-8,12,16H,1H2,2-3H3. The smallest absolute Gasteiger partial charge is 0.356 e. The lowest BCUT2D eigenvalue weighted by atomic mass is 10.2. The summed E-state index contributed by atoms with van der Waals surface area (Å²) in [5, 5.41) is 9.84. The van der Waals surface area contributed by atoms with Gasteiger partial charge in [0.25, 0.3) is 5.91 Å². The molecule has 1 rings (SSSR count). The van der Waals surface area contributed by atoms with Crippen LogP contribution in [0.5, 0.6) is 0 Å². The number of nitrogens with zero attached hydrogens (tertiary/aromatic N) is 1. The Bertz CT molecular complexity index is 455. The number of para-hydroxylation sites is 1. The van der Waals surface area contributed by atoms with E-state index in [0.717, 1.165) is 12.0 Å². The predicted octanol–water partition coefficient (Wildman–Crippen LogP) is 1.09. The number of carbonyl (C=O) groups excluding carboxylic acids is 2. The molecule has 1 aromatic carbocycles. The fourth-order valence-corrected chi connectivity index (χ4v) is 1.37. The molecule has 0 spiro atoms. The van der Waals surface area contributed by atoms with Crippen LogP contribution in [-0.2, 0) is 14.3 Å². The molecule has 96 valence electrons. The zero-order valence-electron chi connectivity index (χ0n) is 10.3. The van der Waals surface area contributed by atoms with Crippen LogP contribution in [0, 0.1) is 0 Å². The highest BCUT2D eigenvalue weighted by Gasteiger charge is 2.30. The number of esters is 1. The Hall–Kier alpha value is -2.14. The molecule has 0 saturated carbocycles. The van der Waals surface area contributed by atoms with E-state index in [1.54, 1.807) is 30.3 Å². The molecule has 0 saturated heterocycles. The third kappa shape index (κ3) is 2.95. The van der Waals surface area contributed by atoms with Crippen molar-refractivity contribution in [1.82, 2.24) is 0 Å². The molecule has 5 heteroatoms. The Morgan fingerprint density at radius 2 is 1.89 bits per heavy atom. The van der Waals surface area contributed by atoms with Crippen LogP contribution >= 0.6 is 0 Å². The number of methoxy groups -OCH3 is 1. The van der Waals surface area contributed by atoms with Gasteiger partial charge in [0.05, 0.1) is 7.11 Å². The third-order valence-corrected chi connectivity index (χ3v) is 2.27. The van der Waals surface area contributed by atoms with Gasteiger partial charge in [-0.2, -0.15) is 0 Å². The highest BCUT2D eigenvalue weighted by atomic mass is 16.5. The number of aliphatic hydroxyl groups is 1. The summed E-state index contributed by atoms with van der Waals surface area (Å²) in [6.45, 7) is 5.02. The Morgan fingerprint density at radius 3 is 2.33 bits per heavy atom. The van der Waals surface area contributed by atoms with Crippen molar-refractivity contribution in [2.24, 2.45) is 0 Å². The van der Waals surface area contributed by atoms with Gasteiger partial charge in [-0.05, 0) is 19.1 Å². The van der Waals surface area contributed by atoms with E-state index in [2.05, 4.69) is 11.3 Å². The average Bonchev–Trinajstić information content (AvgIpc) is 2.38. The number of carbonyl (C=O) groups is 2. The molecule has 1 atom stereocenters. The fraction of sp³-hybridized carbons (Fsp3) is 0.231. The number of aliphatic hydroxyl groups excluding tert-OH is 1. The summed E-state index contributed by atoms with van der Waals surface area (Å²) in [5.41, 5.74) is 0.602. The van der Waals surface area contributed by atoms with E-state index in [1.165, 1.54) is 6.92 Å². The molecule has 0 bridgehead atoms. The third-order valence-electron chi connectivity index (χ3n) is 2.27. The van der Waals surface area contributed by atoms with Crippen LogP contribution < -0.4 is 4.90 Å². The molecule has 1 N–H and O–H groups in total. The number of ether oxygens (including phenoxy) is 1. The molecule has 1 amide bonds. The molecule has 1 aromatic rings. The lowest BCUT2D eigenvalue weighted by Gasteiger charge is -2.26. The monoisotopic (exact) mass is 249 g/mol. The number of hydrogen-bond acceptors (Lipinski definition) is 4. The van der Waals surface area contributed by atoms with E-state index < -0.39 is 18.1 Å². The molecule has 0 radical (unpaired) electrons. The molecule has 0 heterocycles. The van der Waals surface area contributed by atoms with Crippen molar-refractivity contribution in [3.05, 3.63) is 42.5 Å². The summed E-state index contributed by atoms with van der Waals surface area (Å²) in [7, 11) is 1.14. The second kappa shape index (κ2) is 5.97. The van der Waals surface area contributed by atoms with Crippen molar-refractivity contribution < 1.29 is 19.4 Å². The molecule has 0 aromatic heterocycles. The van der Waals surface area contributed by atoms with Crippen molar-refractivity contribution in [2.45, 2.75) is 13.2 Å². The Labute approximate surface area is 105 Å². The molecule has 0 aliphatic carbocycles. The first-order valence-corrected chi connectivity index (χ1v) is 5.29. The van der Waals surface area contributed by atoms with Crippen LogP contribution in [0.3, 0.4) is 0 Å². The van der Waals surface area contributed by atoms with Crippen LogP contribution in [0.25, 0.3) is 0 Å². The van der Waals surface area contributed by atoms with E-state index in [-0.39, 0.29) is 5.57 Å². The predicted molar refractivity (Wildman–Crippen MR) is 66.8 cm³/mol. The van der Waals surface area contributed by atoms with Gasteiger partial charge in [0, 0.05) is 11.3 Å². The van der Waals surface area contributed by atoms with Crippen molar-refractivity contribution in [1.29, 1.82) is 0 Å². The van der Waals surface area contributed by atoms with Crippen molar-refractivity contribution in [3.63, 3.8) is 0 Å². The van der Waals surface area contributed by atoms with Crippen molar-refractivity contribution in [2.75, 3.05) is 12.0 Å². The van der Waals surface area contributed by atoms with Crippen LogP contribution in [0.2, 0.25) is 0 Å². The molecule has 0 aliphatic rings. The number of amides is 1. The maximum absolute atomic E-state index is 12.0. The van der Waals surface area contributed by atoms with E-state index >= 15 is 0 Å². The average molecular weight is 249 g/mol. The summed E-state index contributed by atoms with van der Waals surface area (Å²) in [6.07, 6.45) is -1.69. The van der Waals surface area contributed by atoms with Gasteiger partial charge in [0.1, 0.15) is 0 Å². The minimum atomic E-state index is -1.69. The minimum Gasteiger partial charge on any atom is -0.466 e. The van der Waals surface area contributed by atoms with Gasteiger partial charge in [0.2, 0.25) is 6.23 Å². The maximum atomic E-state index is 12.0. The first-order valence-electron chi connectivity index (χ1n) is 5.29. The normalized spacial score (nSPS) is 11.5. The number of hydrogen-bond donors (Lipinski definition) is 1. The molecular formula is C13H15NO4. The largest absolute Gasteiger partial charge is 0.466 e. The Kier molecular flexibility index (Phi) is 4.62. The van der Waals surface area contributed by atoms with Gasteiger partial charge in [-0.15, -0.1) is 0 Å². The molecule has 0 fully saturated rings. The number of anilines is 1. The second-order valence-corrected chi connectivity index (χ2v) is 3.69. The van der Waals surface area contributed by atoms with Crippen molar-refractivity contribution in [3.8, 4) is 0 Å². The maximum Gasteiger partial charge on any atom is 0.356 e. The molecule has 1 unspecified atom stereocenters. The Balaban J connectivity index is 3.15. The summed E-state index contributed by atoms with van der Waals surface area (Å²) < 4.78 is 4.43. The lowest BCUT2D eigenvalue weighted by molar-refractivity contribution is -0.151. The van der Waals surface area contributed by atoms with Gasteiger partial charge < -0.3 is 9.84 Å². The first kappa shape index (κ1) is 13.9. The van der Waals surface area contributed by atoms with Gasteiger partial charge in [-0.25, -0.2) is 4.79 Å². The zero-order valence-corrected chi connectivity index (χ0v) is 10.3. The minimum absolute atomic E-state index is 0.210. The summed E-state index contributed by atoms with van der Waals surface area (Å²) >= 11 is 0. The van der Waals surface area contributed by atoms with Gasteiger partial charge in [-0.1, -0.05) is 24.8 Å². The summed E-state index contributed by atoms with van der Waals surface area (Å²) in [6, 6.07) is 8.35. The topological polar surface area (TPSA) is 66.8 Å². The summed E-state index contributed by atoms with van der Waals surface area (Å²) in [4.78, 5) is 24.3. The molecule has 5 nitrogen and oxygen atoms in total. The van der Waals surface area contributed by atoms with Gasteiger partial charge in [-0.3, -0.25) is 9.69 Å². The highest BCUT2D eigenvalue weighted by molar-refractivity contribution is 6.07. The highest BCUT2D eigenvalue weighted by Crippen LogP contribution is 2.18. The Morgan fingerprint density at radius 1 is 1.33 bits per heavy atom. The zero-order chi connectivity index (χ0) is 13.7. The number of rotatable bonds is 4. The quantitative estimate of drug-likeness (QED) is 0.492. The molecule has 18 heavy (non-hydrogen) atoms. The van der Waals surface area contributed by atoms with E-state index in [9.17, 15) is 14.7 Å². The first-order chi connectivity index (χ1) is 8.49.